The molecule has 2 fully saturated rings. The number of fused-ring (bicyclic) bond motifs is 1. The van der Waals surface area contributed by atoms with Gasteiger partial charge < -0.3 is 15.0 Å². The summed E-state index contributed by atoms with van der Waals surface area (Å²) in [5.74, 6) is -0.283. The Kier molecular flexibility index (Phi) is 5.27. The maximum atomic E-state index is 14.4. The van der Waals surface area contributed by atoms with Gasteiger partial charge in [0.25, 0.3) is 0 Å². The van der Waals surface area contributed by atoms with Crippen LogP contribution in [-0.2, 0) is 4.74 Å². The van der Waals surface area contributed by atoms with Gasteiger partial charge in [-0.2, -0.15) is 0 Å². The molecule has 0 saturated carbocycles. The standard InChI is InChI=1S/C22H23F2N5O2/c23-14-3-4-17(24)16(12-14)19-2-1-9-28(19)20-6-5-18-21(27-20)29(13-25-18)22(30)26-15-7-10-31-11-8-15/h3-6,12-13,15,19H,1-2,7-11H2,(H,26,30)/t19-/m1/s1. The van der Waals surface area contributed by atoms with Crippen molar-refractivity contribution in [3.05, 3.63) is 53.9 Å². The van der Waals surface area contributed by atoms with Gasteiger partial charge in [0.05, 0.1) is 6.04 Å². The van der Waals surface area contributed by atoms with E-state index in [-0.39, 0.29) is 18.1 Å². The summed E-state index contributed by atoms with van der Waals surface area (Å²) in [5, 5.41) is 3.01. The number of hydrogen-bond donors (Lipinski definition) is 1. The summed E-state index contributed by atoms with van der Waals surface area (Å²) in [6, 6.07) is 6.61. The minimum atomic E-state index is -0.463. The smallest absolute Gasteiger partial charge is 0.328 e. The van der Waals surface area contributed by atoms with Gasteiger partial charge in [-0.05, 0) is 56.0 Å². The summed E-state index contributed by atoms with van der Waals surface area (Å²) in [6.07, 6.45) is 4.54. The predicted octanol–water partition coefficient (Wildman–Crippen LogP) is 3.79. The van der Waals surface area contributed by atoms with Gasteiger partial charge >= 0.3 is 6.03 Å². The van der Waals surface area contributed by atoms with Crippen LogP contribution in [0, 0.1) is 11.6 Å². The average Bonchev–Trinajstić information content (AvgIpc) is 3.43. The molecule has 162 valence electrons. The lowest BCUT2D eigenvalue weighted by atomic mass is 10.0. The number of halogens is 2. The van der Waals surface area contributed by atoms with Gasteiger partial charge in [0, 0.05) is 31.4 Å². The summed E-state index contributed by atoms with van der Waals surface area (Å²) in [5.41, 5.74) is 1.36. The molecule has 0 bridgehead atoms. The maximum absolute atomic E-state index is 14.4. The molecule has 0 radical (unpaired) electrons. The minimum absolute atomic E-state index is 0.0563. The van der Waals surface area contributed by atoms with E-state index in [0.717, 1.165) is 31.4 Å². The van der Waals surface area contributed by atoms with Crippen LogP contribution in [0.3, 0.4) is 0 Å². The number of carbonyl (C=O) groups is 1. The molecule has 3 aromatic rings. The second-order valence-electron chi connectivity index (χ2n) is 7.98. The second-order valence-corrected chi connectivity index (χ2v) is 7.98. The first-order valence-corrected chi connectivity index (χ1v) is 10.5. The molecule has 0 unspecified atom stereocenters. The quantitative estimate of drug-likeness (QED) is 0.689. The Morgan fingerprint density at radius 1 is 1.13 bits per heavy atom. The summed E-state index contributed by atoms with van der Waals surface area (Å²) in [6.45, 7) is 1.93. The van der Waals surface area contributed by atoms with Crippen molar-refractivity contribution < 1.29 is 18.3 Å². The zero-order chi connectivity index (χ0) is 21.4. The van der Waals surface area contributed by atoms with E-state index in [9.17, 15) is 13.6 Å². The molecule has 1 amide bonds. The Morgan fingerprint density at radius 2 is 1.97 bits per heavy atom. The highest BCUT2D eigenvalue weighted by molar-refractivity contribution is 5.87. The normalized spacial score (nSPS) is 19.8. The van der Waals surface area contributed by atoms with Crippen molar-refractivity contribution in [3.8, 4) is 0 Å². The number of nitrogens with zero attached hydrogens (tertiary/aromatic N) is 4. The van der Waals surface area contributed by atoms with Crippen LogP contribution in [0.15, 0.2) is 36.7 Å². The van der Waals surface area contributed by atoms with E-state index < -0.39 is 11.6 Å². The molecule has 2 saturated heterocycles. The van der Waals surface area contributed by atoms with E-state index in [1.54, 1.807) is 6.07 Å². The molecule has 4 heterocycles. The molecule has 2 aliphatic rings. The summed E-state index contributed by atoms with van der Waals surface area (Å²) in [7, 11) is 0. The Hall–Kier alpha value is -3.07. The van der Waals surface area contributed by atoms with Crippen molar-refractivity contribution in [2.24, 2.45) is 0 Å². The minimum Gasteiger partial charge on any atom is -0.381 e. The molecule has 1 aromatic carbocycles. The molecule has 0 aliphatic carbocycles. The number of hydrogen-bond acceptors (Lipinski definition) is 5. The van der Waals surface area contributed by atoms with Gasteiger partial charge in [0.1, 0.15) is 29.3 Å². The van der Waals surface area contributed by atoms with Crippen LogP contribution in [0.1, 0.15) is 37.3 Å². The predicted molar refractivity (Wildman–Crippen MR) is 111 cm³/mol. The molecule has 1 atom stereocenters. The summed E-state index contributed by atoms with van der Waals surface area (Å²) >= 11 is 0. The number of carbonyl (C=O) groups excluding carboxylic acids is 1. The van der Waals surface area contributed by atoms with E-state index in [1.807, 2.05) is 11.0 Å². The van der Waals surface area contributed by atoms with Crippen LogP contribution in [0.4, 0.5) is 19.4 Å². The fraction of sp³-hybridized carbons (Fsp3) is 0.409. The van der Waals surface area contributed by atoms with E-state index in [4.69, 9.17) is 4.74 Å². The molecule has 9 heteroatoms. The van der Waals surface area contributed by atoms with Gasteiger partial charge in [-0.3, -0.25) is 0 Å². The topological polar surface area (TPSA) is 72.3 Å². The number of imidazole rings is 1. The third kappa shape index (κ3) is 3.85. The third-order valence-corrected chi connectivity index (χ3v) is 6.01. The van der Waals surface area contributed by atoms with Crippen LogP contribution in [0.5, 0.6) is 0 Å². The fourth-order valence-electron chi connectivity index (χ4n) is 4.41. The van der Waals surface area contributed by atoms with Crippen molar-refractivity contribution in [2.45, 2.75) is 37.8 Å². The largest absolute Gasteiger partial charge is 0.381 e. The maximum Gasteiger partial charge on any atom is 0.328 e. The first kappa shape index (κ1) is 19.9. The van der Waals surface area contributed by atoms with Gasteiger partial charge in [-0.1, -0.05) is 0 Å². The molecule has 31 heavy (non-hydrogen) atoms. The lowest BCUT2D eigenvalue weighted by Crippen LogP contribution is -2.41. The van der Waals surface area contributed by atoms with Crippen LogP contribution in [-0.4, -0.2) is 46.4 Å². The van der Waals surface area contributed by atoms with Crippen LogP contribution in [0.2, 0.25) is 0 Å². The molecule has 1 N–H and O–H groups in total. The van der Waals surface area contributed by atoms with Gasteiger partial charge in [-0.15, -0.1) is 0 Å². The molecule has 2 aliphatic heterocycles. The van der Waals surface area contributed by atoms with Crippen LogP contribution in [0.25, 0.3) is 11.2 Å². The molecule has 2 aromatic heterocycles. The summed E-state index contributed by atoms with van der Waals surface area (Å²) < 4.78 is 34.9. The number of aromatic nitrogens is 3. The number of ether oxygens (including phenoxy) is 1. The van der Waals surface area contributed by atoms with Gasteiger partial charge in [0.2, 0.25) is 0 Å². The Balaban J connectivity index is 1.44. The van der Waals surface area contributed by atoms with Crippen LogP contribution >= 0.6 is 0 Å². The Morgan fingerprint density at radius 3 is 2.81 bits per heavy atom. The van der Waals surface area contributed by atoms with Crippen molar-refractivity contribution in [3.63, 3.8) is 0 Å². The monoisotopic (exact) mass is 427 g/mol. The second kappa shape index (κ2) is 8.22. The number of rotatable bonds is 3. The average molecular weight is 427 g/mol. The van der Waals surface area contributed by atoms with Gasteiger partial charge in [-0.25, -0.2) is 28.1 Å². The van der Waals surface area contributed by atoms with E-state index in [2.05, 4.69) is 15.3 Å². The van der Waals surface area contributed by atoms with E-state index in [1.165, 1.54) is 17.0 Å². The Bertz CT molecular complexity index is 1110. The molecular weight excluding hydrogens is 404 g/mol. The zero-order valence-electron chi connectivity index (χ0n) is 16.9. The van der Waals surface area contributed by atoms with E-state index in [0.29, 0.717) is 48.7 Å². The number of amides is 1. The third-order valence-electron chi connectivity index (χ3n) is 6.01. The highest BCUT2D eigenvalue weighted by atomic mass is 19.1. The van der Waals surface area contributed by atoms with Gasteiger partial charge in [0.15, 0.2) is 5.65 Å². The molecule has 7 nitrogen and oxygen atoms in total. The number of pyridine rings is 1. The zero-order valence-corrected chi connectivity index (χ0v) is 16.9. The first-order chi connectivity index (χ1) is 15.1. The SMILES string of the molecule is O=C(NC1CCOCC1)n1cnc2ccc(N3CCC[C@@H]3c3cc(F)ccc3F)nc21. The fourth-order valence-corrected chi connectivity index (χ4v) is 4.41. The summed E-state index contributed by atoms with van der Waals surface area (Å²) in [4.78, 5) is 23.8. The van der Waals surface area contributed by atoms with Crippen molar-refractivity contribution in [2.75, 3.05) is 24.7 Å². The lowest BCUT2D eigenvalue weighted by molar-refractivity contribution is 0.0802. The molecule has 0 spiro atoms. The Labute approximate surface area is 178 Å². The molecule has 5 rings (SSSR count). The number of anilines is 1. The van der Waals surface area contributed by atoms with Crippen molar-refractivity contribution in [1.29, 1.82) is 0 Å². The van der Waals surface area contributed by atoms with Crippen LogP contribution < -0.4 is 10.2 Å². The molecular formula is C22H23F2N5O2. The van der Waals surface area contributed by atoms with Crippen molar-refractivity contribution in [1.82, 2.24) is 19.9 Å². The number of benzene rings is 1. The number of nitrogens with one attached hydrogen (secondary N) is 1. The highest BCUT2D eigenvalue weighted by Gasteiger charge is 2.30. The van der Waals surface area contributed by atoms with Crippen molar-refractivity contribution >= 4 is 23.0 Å². The van der Waals surface area contributed by atoms with E-state index >= 15 is 0 Å². The highest BCUT2D eigenvalue weighted by Crippen LogP contribution is 2.37. The first-order valence-electron chi connectivity index (χ1n) is 10.5. The lowest BCUT2D eigenvalue weighted by Gasteiger charge is -2.26.